The monoisotopic (exact) mass is 350 g/mol. The minimum absolute atomic E-state index is 0.333. The molecule has 1 aliphatic rings. The van der Waals surface area contributed by atoms with E-state index in [1.807, 2.05) is 27.7 Å². The maximum Gasteiger partial charge on any atom is 0.0118 e. The highest BCUT2D eigenvalue weighted by Crippen LogP contribution is 2.32. The Bertz CT molecular complexity index is 371. The number of rotatable bonds is 2. The van der Waals surface area contributed by atoms with Crippen molar-refractivity contribution in [2.24, 2.45) is 0 Å². The summed E-state index contributed by atoms with van der Waals surface area (Å²) in [5, 5.41) is 3.38. The zero-order chi connectivity index (χ0) is 19.9. The smallest absolute Gasteiger partial charge is 0.0118 e. The molecule has 0 amide bonds. The third-order valence-electron chi connectivity index (χ3n) is 4.75. The number of nitrogens with one attached hydrogen (secondary N) is 1. The van der Waals surface area contributed by atoms with Gasteiger partial charge in [0, 0.05) is 11.6 Å². The van der Waals surface area contributed by atoms with Crippen LogP contribution in [-0.2, 0) is 0 Å². The van der Waals surface area contributed by atoms with E-state index in [-0.39, 0.29) is 0 Å². The number of hydrogen-bond donors (Lipinski definition) is 1. The molecule has 2 heteroatoms. The molecule has 0 bridgehead atoms. The Morgan fingerprint density at radius 2 is 1.24 bits per heavy atom. The van der Waals surface area contributed by atoms with Crippen molar-refractivity contribution < 1.29 is 0 Å². The Morgan fingerprint density at radius 3 is 1.56 bits per heavy atom. The van der Waals surface area contributed by atoms with Gasteiger partial charge in [-0.3, -0.25) is 0 Å². The summed E-state index contributed by atoms with van der Waals surface area (Å²) < 4.78 is 0. The third-order valence-corrected chi connectivity index (χ3v) is 4.75. The van der Waals surface area contributed by atoms with E-state index >= 15 is 0 Å². The maximum atomic E-state index is 3.38. The molecule has 0 aliphatic heterocycles. The summed E-state index contributed by atoms with van der Waals surface area (Å²) in [5.74, 6) is 0.806. The van der Waals surface area contributed by atoms with Gasteiger partial charge in [0.15, 0.2) is 0 Å². The van der Waals surface area contributed by atoms with Crippen LogP contribution in [0, 0.1) is 0 Å². The van der Waals surface area contributed by atoms with Gasteiger partial charge >= 0.3 is 0 Å². The number of benzene rings is 1. The molecule has 0 atom stereocenters. The van der Waals surface area contributed by atoms with Gasteiger partial charge in [0.2, 0.25) is 0 Å². The van der Waals surface area contributed by atoms with Crippen molar-refractivity contribution in [1.29, 1.82) is 0 Å². The normalized spacial score (nSPS) is 19.5. The molecule has 2 nitrogen and oxygen atoms in total. The molecule has 148 valence electrons. The van der Waals surface area contributed by atoms with Crippen LogP contribution in [0.15, 0.2) is 30.3 Å². The van der Waals surface area contributed by atoms with E-state index in [1.165, 1.54) is 31.2 Å². The fourth-order valence-electron chi connectivity index (χ4n) is 2.44. The lowest BCUT2D eigenvalue weighted by Crippen LogP contribution is -2.34. The number of nitrogens with zero attached hydrogens (tertiary/aromatic N) is 1. The van der Waals surface area contributed by atoms with Gasteiger partial charge in [0.1, 0.15) is 0 Å². The molecule has 1 aliphatic carbocycles. The van der Waals surface area contributed by atoms with E-state index in [9.17, 15) is 0 Å². The van der Waals surface area contributed by atoms with E-state index in [2.05, 4.69) is 82.5 Å². The molecule has 1 N–H and O–H groups in total. The van der Waals surface area contributed by atoms with Crippen LogP contribution in [-0.4, -0.2) is 37.6 Å². The summed E-state index contributed by atoms with van der Waals surface area (Å²) in [6, 6.07) is 11.7. The second-order valence-corrected chi connectivity index (χ2v) is 7.31. The molecule has 2 rings (SSSR count). The van der Waals surface area contributed by atoms with E-state index in [0.29, 0.717) is 5.54 Å². The van der Waals surface area contributed by atoms with Gasteiger partial charge in [-0.2, -0.15) is 0 Å². The van der Waals surface area contributed by atoms with Gasteiger partial charge < -0.3 is 10.2 Å². The Hall–Kier alpha value is -0.860. The van der Waals surface area contributed by atoms with Gasteiger partial charge in [-0.05, 0) is 79.1 Å². The van der Waals surface area contributed by atoms with Crippen molar-refractivity contribution >= 4 is 0 Å². The van der Waals surface area contributed by atoms with Crippen molar-refractivity contribution in [1.82, 2.24) is 10.2 Å². The maximum absolute atomic E-state index is 3.38. The standard InChI is InChI=1S/C13H19N.C6H15N.2C2H6/c1-14-13-9-7-12(8-10-13)11-5-3-2-4-6-11;1-6(2,3)7(4)5;2*1-2/h2-6,12-14H,7-10H2,1H3;1-5H3;2*1-2H3. The predicted octanol–water partition coefficient (Wildman–Crippen LogP) is 6.33. The molecule has 0 unspecified atom stereocenters. The van der Waals surface area contributed by atoms with Gasteiger partial charge in [0.25, 0.3) is 0 Å². The first-order valence-corrected chi connectivity index (χ1v) is 10.2. The summed E-state index contributed by atoms with van der Waals surface area (Å²) in [5.41, 5.74) is 1.86. The van der Waals surface area contributed by atoms with Gasteiger partial charge in [-0.15, -0.1) is 0 Å². The molecule has 1 aromatic carbocycles. The van der Waals surface area contributed by atoms with Gasteiger partial charge in [0.05, 0.1) is 0 Å². The minimum Gasteiger partial charge on any atom is -0.317 e. The van der Waals surface area contributed by atoms with Crippen LogP contribution >= 0.6 is 0 Å². The van der Waals surface area contributed by atoms with Crippen LogP contribution in [0.1, 0.15) is 85.6 Å². The molecule has 1 saturated carbocycles. The lowest BCUT2D eigenvalue weighted by molar-refractivity contribution is 0.219. The number of hydrogen-bond acceptors (Lipinski definition) is 2. The first kappa shape index (κ1) is 26.4. The molecule has 0 saturated heterocycles. The fraction of sp³-hybridized carbons (Fsp3) is 0.739. The Labute approximate surface area is 159 Å². The molecule has 0 heterocycles. The fourth-order valence-corrected chi connectivity index (χ4v) is 2.44. The van der Waals surface area contributed by atoms with E-state index in [0.717, 1.165) is 12.0 Å². The second kappa shape index (κ2) is 15.4. The zero-order valence-electron chi connectivity index (χ0n) is 18.8. The Kier molecular flexibility index (Phi) is 16.2. The zero-order valence-corrected chi connectivity index (χ0v) is 18.8. The summed E-state index contributed by atoms with van der Waals surface area (Å²) >= 11 is 0. The SMILES string of the molecule is CC.CC.CN(C)C(C)(C)C.CNC1CCC(c2ccccc2)CC1. The van der Waals surface area contributed by atoms with Crippen LogP contribution in [0.4, 0.5) is 0 Å². The summed E-state index contributed by atoms with van der Waals surface area (Å²) in [6.45, 7) is 14.6. The molecule has 0 radical (unpaired) electrons. The molecule has 1 aromatic rings. The molecular weight excluding hydrogens is 304 g/mol. The predicted molar refractivity (Wildman–Crippen MR) is 117 cm³/mol. The van der Waals surface area contributed by atoms with Crippen LogP contribution < -0.4 is 5.32 Å². The van der Waals surface area contributed by atoms with E-state index in [1.54, 1.807) is 0 Å². The van der Waals surface area contributed by atoms with Crippen molar-refractivity contribution in [2.75, 3.05) is 21.1 Å². The Morgan fingerprint density at radius 1 is 0.840 bits per heavy atom. The molecule has 25 heavy (non-hydrogen) atoms. The third kappa shape index (κ3) is 12.2. The highest BCUT2D eigenvalue weighted by atomic mass is 15.1. The lowest BCUT2D eigenvalue weighted by atomic mass is 9.82. The molecule has 1 fully saturated rings. The minimum atomic E-state index is 0.333. The van der Waals surface area contributed by atoms with Crippen LogP contribution in [0.2, 0.25) is 0 Å². The van der Waals surface area contributed by atoms with Gasteiger partial charge in [-0.25, -0.2) is 0 Å². The summed E-state index contributed by atoms with van der Waals surface area (Å²) in [6.07, 6.45) is 5.34. The highest BCUT2D eigenvalue weighted by molar-refractivity contribution is 5.19. The summed E-state index contributed by atoms with van der Waals surface area (Å²) in [7, 11) is 6.24. The summed E-state index contributed by atoms with van der Waals surface area (Å²) in [4.78, 5) is 2.19. The van der Waals surface area contributed by atoms with E-state index in [4.69, 9.17) is 0 Å². The average molecular weight is 351 g/mol. The van der Waals surface area contributed by atoms with Crippen LogP contribution in [0.3, 0.4) is 0 Å². The topological polar surface area (TPSA) is 15.3 Å². The quantitative estimate of drug-likeness (QED) is 0.670. The lowest BCUT2D eigenvalue weighted by Gasteiger charge is -2.28. The first-order chi connectivity index (χ1) is 11.8. The van der Waals surface area contributed by atoms with Gasteiger partial charge in [-0.1, -0.05) is 58.0 Å². The molecule has 0 spiro atoms. The second-order valence-electron chi connectivity index (χ2n) is 7.31. The Balaban J connectivity index is 0. The van der Waals surface area contributed by atoms with Crippen molar-refractivity contribution in [3.8, 4) is 0 Å². The molecule has 0 aromatic heterocycles. The van der Waals surface area contributed by atoms with Crippen molar-refractivity contribution in [3.63, 3.8) is 0 Å². The van der Waals surface area contributed by atoms with Crippen molar-refractivity contribution in [2.45, 2.75) is 91.6 Å². The van der Waals surface area contributed by atoms with E-state index < -0.39 is 0 Å². The molecular formula is C23H46N2. The largest absolute Gasteiger partial charge is 0.317 e. The van der Waals surface area contributed by atoms with Crippen molar-refractivity contribution in [3.05, 3.63) is 35.9 Å². The van der Waals surface area contributed by atoms with Crippen LogP contribution in [0.5, 0.6) is 0 Å². The van der Waals surface area contributed by atoms with Crippen LogP contribution in [0.25, 0.3) is 0 Å². The highest BCUT2D eigenvalue weighted by Gasteiger charge is 2.20. The first-order valence-electron chi connectivity index (χ1n) is 10.2. The average Bonchev–Trinajstić information content (AvgIpc) is 2.65.